The first-order valence-electron chi connectivity index (χ1n) is 11.9. The van der Waals surface area contributed by atoms with E-state index in [1.54, 1.807) is 36.4 Å². The second-order valence-electron chi connectivity index (χ2n) is 8.91. The molecule has 11 heteroatoms. The van der Waals surface area contributed by atoms with Crippen LogP contribution in [0.3, 0.4) is 0 Å². The minimum Gasteiger partial charge on any atom is -0.312 e. The molecule has 0 aliphatic carbocycles. The fourth-order valence-electron chi connectivity index (χ4n) is 4.31. The quantitative estimate of drug-likeness (QED) is 0.249. The molecule has 0 atom stereocenters. The van der Waals surface area contributed by atoms with Gasteiger partial charge in [-0.15, -0.1) is 11.3 Å². The molecule has 2 heterocycles. The fraction of sp³-hybridized carbons (Fsp3) is 0.222. The smallest absolute Gasteiger partial charge is 0.312 e. The second kappa shape index (κ2) is 10.7. The van der Waals surface area contributed by atoms with Crippen molar-refractivity contribution in [2.24, 2.45) is 4.99 Å². The van der Waals surface area contributed by atoms with Crippen LogP contribution in [0.4, 0.5) is 18.9 Å². The Labute approximate surface area is 227 Å². The number of thiazole rings is 1. The molecule has 5 nitrogen and oxygen atoms in total. The van der Waals surface area contributed by atoms with Crippen molar-refractivity contribution in [2.45, 2.75) is 30.5 Å². The van der Waals surface area contributed by atoms with Crippen LogP contribution < -0.4 is 4.80 Å². The number of hydrogen-bond acceptors (Lipinski definition) is 4. The average molecular weight is 578 g/mol. The van der Waals surface area contributed by atoms with E-state index < -0.39 is 21.8 Å². The van der Waals surface area contributed by atoms with E-state index in [9.17, 15) is 21.6 Å². The Hall–Kier alpha value is -2.92. The van der Waals surface area contributed by atoms with Gasteiger partial charge in [0.05, 0.1) is 28.4 Å². The van der Waals surface area contributed by atoms with Crippen molar-refractivity contribution in [3.05, 3.63) is 99.1 Å². The zero-order valence-electron chi connectivity index (χ0n) is 20.0. The SMILES string of the molecule is O=S(=O)(c1ccc(-c2csc(=Nc3cccc(C(F)(F)F)c3)n2Cc2ccc(Cl)cc2)cc1)N1CCCC1. The van der Waals surface area contributed by atoms with Crippen molar-refractivity contribution in [2.75, 3.05) is 13.1 Å². The molecular formula is C27H23ClF3N3O2S2. The van der Waals surface area contributed by atoms with Crippen molar-refractivity contribution < 1.29 is 21.6 Å². The molecule has 1 aliphatic heterocycles. The molecule has 0 N–H and O–H groups in total. The van der Waals surface area contributed by atoms with Crippen LogP contribution >= 0.6 is 22.9 Å². The number of aromatic nitrogens is 1. The minimum absolute atomic E-state index is 0.185. The van der Waals surface area contributed by atoms with E-state index in [1.165, 1.54) is 27.8 Å². The van der Waals surface area contributed by atoms with E-state index in [1.807, 2.05) is 22.1 Å². The lowest BCUT2D eigenvalue weighted by Gasteiger charge is -2.16. The van der Waals surface area contributed by atoms with E-state index >= 15 is 0 Å². The Balaban J connectivity index is 1.56. The van der Waals surface area contributed by atoms with E-state index in [0.717, 1.165) is 41.8 Å². The van der Waals surface area contributed by atoms with Gasteiger partial charge in [0.2, 0.25) is 10.0 Å². The highest BCUT2D eigenvalue weighted by molar-refractivity contribution is 7.89. The Morgan fingerprint density at radius 2 is 1.63 bits per heavy atom. The number of nitrogens with zero attached hydrogens (tertiary/aromatic N) is 3. The van der Waals surface area contributed by atoms with Crippen LogP contribution in [-0.4, -0.2) is 30.4 Å². The summed E-state index contributed by atoms with van der Waals surface area (Å²) in [5.41, 5.74) is 1.87. The third-order valence-corrected chi connectivity index (χ3v) is 9.33. The maximum atomic E-state index is 13.2. The van der Waals surface area contributed by atoms with Gasteiger partial charge in [0.1, 0.15) is 0 Å². The van der Waals surface area contributed by atoms with Gasteiger partial charge >= 0.3 is 6.18 Å². The zero-order chi connectivity index (χ0) is 26.9. The van der Waals surface area contributed by atoms with E-state index in [0.29, 0.717) is 29.5 Å². The van der Waals surface area contributed by atoms with Crippen LogP contribution in [0, 0.1) is 0 Å². The van der Waals surface area contributed by atoms with Gasteiger partial charge in [0.25, 0.3) is 0 Å². The predicted molar refractivity (Wildman–Crippen MR) is 143 cm³/mol. The van der Waals surface area contributed by atoms with Crippen LogP contribution in [0.1, 0.15) is 24.0 Å². The standard InChI is InChI=1S/C27H23ClF3N3O2S2/c28-22-10-6-19(7-11-22)17-34-25(18-37-26(34)32-23-5-3-4-21(16-23)27(29,30)31)20-8-12-24(13-9-20)38(35,36)33-14-1-2-15-33/h3-13,16,18H,1-2,14-15,17H2. The summed E-state index contributed by atoms with van der Waals surface area (Å²) in [6, 6.07) is 18.9. The first-order chi connectivity index (χ1) is 18.1. The van der Waals surface area contributed by atoms with E-state index in [-0.39, 0.29) is 10.6 Å². The molecule has 3 aromatic carbocycles. The summed E-state index contributed by atoms with van der Waals surface area (Å²) in [4.78, 5) is 5.27. The Morgan fingerprint density at radius 3 is 2.29 bits per heavy atom. The van der Waals surface area contributed by atoms with Crippen LogP contribution in [0.5, 0.6) is 0 Å². The molecule has 4 aromatic rings. The third kappa shape index (κ3) is 5.73. The number of sulfonamides is 1. The van der Waals surface area contributed by atoms with Crippen LogP contribution in [0.2, 0.25) is 5.02 Å². The van der Waals surface area contributed by atoms with Gasteiger partial charge in [0.15, 0.2) is 4.80 Å². The highest BCUT2D eigenvalue weighted by atomic mass is 35.5. The fourth-order valence-corrected chi connectivity index (χ4v) is 6.88. The lowest BCUT2D eigenvalue weighted by molar-refractivity contribution is -0.137. The number of rotatable bonds is 6. The molecule has 0 radical (unpaired) electrons. The number of alkyl halides is 3. The molecule has 1 aliphatic rings. The van der Waals surface area contributed by atoms with Gasteiger partial charge in [-0.05, 0) is 66.4 Å². The molecule has 38 heavy (non-hydrogen) atoms. The Bertz CT molecular complexity index is 1610. The van der Waals surface area contributed by atoms with Crippen molar-refractivity contribution in [1.29, 1.82) is 0 Å². The van der Waals surface area contributed by atoms with Gasteiger partial charge in [-0.25, -0.2) is 13.4 Å². The predicted octanol–water partition coefficient (Wildman–Crippen LogP) is 6.95. The normalized spacial score (nSPS) is 15.3. The van der Waals surface area contributed by atoms with Crippen molar-refractivity contribution in [3.8, 4) is 11.3 Å². The monoisotopic (exact) mass is 577 g/mol. The van der Waals surface area contributed by atoms with Crippen LogP contribution in [0.25, 0.3) is 11.3 Å². The number of hydrogen-bond donors (Lipinski definition) is 0. The number of benzene rings is 3. The molecule has 1 fully saturated rings. The maximum Gasteiger partial charge on any atom is 0.416 e. The molecule has 1 aromatic heterocycles. The van der Waals surface area contributed by atoms with Gasteiger partial charge in [-0.1, -0.05) is 41.9 Å². The summed E-state index contributed by atoms with van der Waals surface area (Å²) in [6.45, 7) is 1.44. The summed E-state index contributed by atoms with van der Waals surface area (Å²) in [7, 11) is -3.55. The number of halogens is 4. The zero-order valence-corrected chi connectivity index (χ0v) is 22.4. The highest BCUT2D eigenvalue weighted by Crippen LogP contribution is 2.32. The molecule has 0 spiro atoms. The molecule has 0 unspecified atom stereocenters. The summed E-state index contributed by atoms with van der Waals surface area (Å²) in [6.07, 6.45) is -2.76. The lowest BCUT2D eigenvalue weighted by Crippen LogP contribution is -2.27. The largest absolute Gasteiger partial charge is 0.416 e. The van der Waals surface area contributed by atoms with Crippen molar-refractivity contribution >= 4 is 38.6 Å². The first kappa shape index (κ1) is 26.7. The highest BCUT2D eigenvalue weighted by Gasteiger charge is 2.30. The van der Waals surface area contributed by atoms with Gasteiger partial charge in [-0.3, -0.25) is 0 Å². The molecule has 198 valence electrons. The Kier molecular flexibility index (Phi) is 7.50. The van der Waals surface area contributed by atoms with Crippen molar-refractivity contribution in [3.63, 3.8) is 0 Å². The molecule has 0 saturated carbocycles. The molecule has 0 bridgehead atoms. The third-order valence-electron chi connectivity index (χ3n) is 6.30. The van der Waals surface area contributed by atoms with Gasteiger partial charge in [0, 0.05) is 23.5 Å². The summed E-state index contributed by atoms with van der Waals surface area (Å²) >= 11 is 7.34. The van der Waals surface area contributed by atoms with E-state index in [4.69, 9.17) is 11.6 Å². The molecular weight excluding hydrogens is 555 g/mol. The van der Waals surface area contributed by atoms with Crippen molar-refractivity contribution in [1.82, 2.24) is 8.87 Å². The Morgan fingerprint density at radius 1 is 0.947 bits per heavy atom. The van der Waals surface area contributed by atoms with Crippen LogP contribution in [-0.2, 0) is 22.7 Å². The summed E-state index contributed by atoms with van der Waals surface area (Å²) < 4.78 is 69.0. The summed E-state index contributed by atoms with van der Waals surface area (Å²) in [5.74, 6) is 0. The van der Waals surface area contributed by atoms with E-state index in [2.05, 4.69) is 4.99 Å². The molecule has 1 saturated heterocycles. The molecule has 5 rings (SSSR count). The van der Waals surface area contributed by atoms with Gasteiger partial charge in [-0.2, -0.15) is 17.5 Å². The van der Waals surface area contributed by atoms with Gasteiger partial charge < -0.3 is 4.57 Å². The lowest BCUT2D eigenvalue weighted by atomic mass is 10.1. The first-order valence-corrected chi connectivity index (χ1v) is 14.6. The topological polar surface area (TPSA) is 54.7 Å². The van der Waals surface area contributed by atoms with Crippen LogP contribution in [0.15, 0.2) is 88.1 Å². The average Bonchev–Trinajstić information content (AvgIpc) is 3.57. The second-order valence-corrected chi connectivity index (χ2v) is 12.1. The minimum atomic E-state index is -4.47. The summed E-state index contributed by atoms with van der Waals surface area (Å²) in [5, 5.41) is 2.46. The maximum absolute atomic E-state index is 13.2. The molecule has 0 amide bonds.